The van der Waals surface area contributed by atoms with Crippen LogP contribution in [0.5, 0.6) is 0 Å². The predicted octanol–water partition coefficient (Wildman–Crippen LogP) is 2.68. The zero-order chi connectivity index (χ0) is 7.61. The van der Waals surface area contributed by atoms with Crippen LogP contribution in [0.25, 0.3) is 0 Å². The molecule has 54 valence electrons. The van der Waals surface area contributed by atoms with Crippen LogP contribution in [0.15, 0.2) is 21.8 Å². The number of hydrogen-bond donors (Lipinski definition) is 0. The van der Waals surface area contributed by atoms with Crippen LogP contribution in [0, 0.1) is 0 Å². The van der Waals surface area contributed by atoms with E-state index in [1.165, 1.54) is 5.56 Å². The summed E-state index contributed by atoms with van der Waals surface area (Å²) in [5.74, 6) is 0. The van der Waals surface area contributed by atoms with Crippen molar-refractivity contribution in [2.75, 3.05) is 0 Å². The molecule has 1 rings (SSSR count). The lowest BCUT2D eigenvalue weighted by Gasteiger charge is -2.16. The highest BCUT2D eigenvalue weighted by Crippen LogP contribution is 2.25. The molecule has 0 aliphatic carbocycles. The van der Waals surface area contributed by atoms with Gasteiger partial charge in [-0.05, 0) is 43.0 Å². The summed E-state index contributed by atoms with van der Waals surface area (Å²) in [6.07, 6.45) is 0. The Morgan fingerprint density at radius 3 is 2.70 bits per heavy atom. The maximum atomic E-state index is 4.02. The highest BCUT2D eigenvalue weighted by molar-refractivity contribution is 7.08. The van der Waals surface area contributed by atoms with Gasteiger partial charge in [0.2, 0.25) is 0 Å². The van der Waals surface area contributed by atoms with E-state index in [4.69, 9.17) is 0 Å². The van der Waals surface area contributed by atoms with Crippen LogP contribution in [0.2, 0.25) is 0 Å². The largest absolute Gasteiger partial charge is 0.290 e. The van der Waals surface area contributed by atoms with Gasteiger partial charge < -0.3 is 0 Å². The van der Waals surface area contributed by atoms with Crippen molar-refractivity contribution in [2.24, 2.45) is 4.99 Å². The standard InChI is InChI=1S/C8H11NS/c1-8(2,9-3)7-4-5-10-6-7/h4-6H,3H2,1-2H3. The van der Waals surface area contributed by atoms with Crippen molar-refractivity contribution >= 4 is 18.1 Å². The van der Waals surface area contributed by atoms with E-state index in [1.54, 1.807) is 11.3 Å². The van der Waals surface area contributed by atoms with E-state index in [-0.39, 0.29) is 5.54 Å². The zero-order valence-corrected chi connectivity index (χ0v) is 7.11. The fourth-order valence-corrected chi connectivity index (χ4v) is 1.52. The molecule has 0 unspecified atom stereocenters. The quantitative estimate of drug-likeness (QED) is 0.579. The molecule has 0 atom stereocenters. The second kappa shape index (κ2) is 2.54. The van der Waals surface area contributed by atoms with Gasteiger partial charge in [-0.25, -0.2) is 0 Å². The SMILES string of the molecule is C=NC(C)(C)c1ccsc1. The number of thiophene rings is 1. The topological polar surface area (TPSA) is 12.4 Å². The smallest absolute Gasteiger partial charge is 0.0801 e. The Kier molecular flexibility index (Phi) is 1.90. The van der Waals surface area contributed by atoms with E-state index >= 15 is 0 Å². The summed E-state index contributed by atoms with van der Waals surface area (Å²) >= 11 is 1.69. The molecule has 1 nitrogen and oxygen atoms in total. The minimum Gasteiger partial charge on any atom is -0.290 e. The summed E-state index contributed by atoms with van der Waals surface area (Å²) in [6.45, 7) is 7.66. The monoisotopic (exact) mass is 153 g/mol. The highest BCUT2D eigenvalue weighted by atomic mass is 32.1. The molecule has 0 aromatic carbocycles. The average Bonchev–Trinajstić information content (AvgIpc) is 2.38. The molecule has 0 saturated carbocycles. The number of hydrogen-bond acceptors (Lipinski definition) is 2. The van der Waals surface area contributed by atoms with Gasteiger partial charge in [0, 0.05) is 0 Å². The minimum atomic E-state index is -0.111. The number of rotatable bonds is 2. The van der Waals surface area contributed by atoms with Crippen LogP contribution < -0.4 is 0 Å². The van der Waals surface area contributed by atoms with Crippen LogP contribution >= 0.6 is 11.3 Å². The lowest BCUT2D eigenvalue weighted by atomic mass is 9.99. The van der Waals surface area contributed by atoms with Crippen LogP contribution in [0.4, 0.5) is 0 Å². The molecule has 0 aliphatic rings. The molecule has 0 N–H and O–H groups in total. The molecule has 0 aliphatic heterocycles. The molecule has 10 heavy (non-hydrogen) atoms. The third kappa shape index (κ3) is 1.27. The van der Waals surface area contributed by atoms with Crippen LogP contribution in [-0.4, -0.2) is 6.72 Å². The Bertz CT molecular complexity index is 211. The molecular weight excluding hydrogens is 142 g/mol. The van der Waals surface area contributed by atoms with Crippen LogP contribution in [-0.2, 0) is 5.54 Å². The van der Waals surface area contributed by atoms with Crippen molar-refractivity contribution in [3.8, 4) is 0 Å². The third-order valence-electron chi connectivity index (χ3n) is 1.62. The van der Waals surface area contributed by atoms with E-state index in [2.05, 4.69) is 42.4 Å². The Morgan fingerprint density at radius 1 is 1.60 bits per heavy atom. The maximum absolute atomic E-state index is 4.02. The van der Waals surface area contributed by atoms with Crippen molar-refractivity contribution < 1.29 is 0 Å². The van der Waals surface area contributed by atoms with E-state index < -0.39 is 0 Å². The molecule has 0 radical (unpaired) electrons. The lowest BCUT2D eigenvalue weighted by Crippen LogP contribution is -2.11. The van der Waals surface area contributed by atoms with Gasteiger partial charge in [-0.15, -0.1) is 0 Å². The molecule has 0 bridgehead atoms. The molecule has 1 aromatic rings. The van der Waals surface area contributed by atoms with Crippen molar-refractivity contribution in [3.05, 3.63) is 22.4 Å². The van der Waals surface area contributed by atoms with Gasteiger partial charge in [-0.1, -0.05) is 0 Å². The average molecular weight is 153 g/mol. The zero-order valence-electron chi connectivity index (χ0n) is 6.29. The van der Waals surface area contributed by atoms with Gasteiger partial charge in [0.25, 0.3) is 0 Å². The van der Waals surface area contributed by atoms with Gasteiger partial charge in [0.1, 0.15) is 0 Å². The van der Waals surface area contributed by atoms with Crippen molar-refractivity contribution in [1.29, 1.82) is 0 Å². The van der Waals surface area contributed by atoms with Gasteiger partial charge in [0.15, 0.2) is 0 Å². The molecule has 0 saturated heterocycles. The summed E-state index contributed by atoms with van der Waals surface area (Å²) in [5.41, 5.74) is 1.13. The summed E-state index contributed by atoms with van der Waals surface area (Å²) in [4.78, 5) is 4.02. The normalized spacial score (nSPS) is 11.4. The van der Waals surface area contributed by atoms with E-state index in [0.717, 1.165) is 0 Å². The molecule has 0 fully saturated rings. The Morgan fingerprint density at radius 2 is 2.30 bits per heavy atom. The summed E-state index contributed by atoms with van der Waals surface area (Å²) in [7, 11) is 0. The van der Waals surface area contributed by atoms with Gasteiger partial charge in [-0.2, -0.15) is 11.3 Å². The summed E-state index contributed by atoms with van der Waals surface area (Å²) in [5, 5.41) is 4.16. The molecule has 1 heterocycles. The van der Waals surface area contributed by atoms with Gasteiger partial charge in [0.05, 0.1) is 5.54 Å². The molecular formula is C8H11NS. The molecule has 1 aromatic heterocycles. The van der Waals surface area contributed by atoms with Gasteiger partial charge >= 0.3 is 0 Å². The van der Waals surface area contributed by atoms with Crippen molar-refractivity contribution in [2.45, 2.75) is 19.4 Å². The maximum Gasteiger partial charge on any atom is 0.0801 e. The van der Waals surface area contributed by atoms with E-state index in [0.29, 0.717) is 0 Å². The first-order valence-electron chi connectivity index (χ1n) is 3.17. The first kappa shape index (κ1) is 7.48. The van der Waals surface area contributed by atoms with Crippen LogP contribution in [0.3, 0.4) is 0 Å². The van der Waals surface area contributed by atoms with Crippen LogP contribution in [0.1, 0.15) is 19.4 Å². The molecule has 0 amide bonds. The predicted molar refractivity (Wildman–Crippen MR) is 46.9 cm³/mol. The molecule has 2 heteroatoms. The summed E-state index contributed by atoms with van der Waals surface area (Å²) < 4.78 is 0. The van der Waals surface area contributed by atoms with E-state index in [9.17, 15) is 0 Å². The highest BCUT2D eigenvalue weighted by Gasteiger charge is 2.16. The first-order chi connectivity index (χ1) is 4.67. The van der Waals surface area contributed by atoms with Crippen molar-refractivity contribution in [1.82, 2.24) is 0 Å². The second-order valence-corrected chi connectivity index (χ2v) is 3.51. The second-order valence-electron chi connectivity index (χ2n) is 2.73. The fraction of sp³-hybridized carbons (Fsp3) is 0.375. The number of nitrogens with zero attached hydrogens (tertiary/aromatic N) is 1. The van der Waals surface area contributed by atoms with E-state index in [1.807, 2.05) is 0 Å². The third-order valence-corrected chi connectivity index (χ3v) is 2.31. The number of aliphatic imine (C=N–C) groups is 1. The Labute approximate surface area is 65.4 Å². The molecule has 0 spiro atoms. The Hall–Kier alpha value is -0.630. The lowest BCUT2D eigenvalue weighted by molar-refractivity contribution is 0.565. The first-order valence-corrected chi connectivity index (χ1v) is 4.11. The fourth-order valence-electron chi connectivity index (χ4n) is 0.704. The Balaban J connectivity index is 2.95. The van der Waals surface area contributed by atoms with Crippen molar-refractivity contribution in [3.63, 3.8) is 0 Å². The van der Waals surface area contributed by atoms with Gasteiger partial charge in [-0.3, -0.25) is 4.99 Å². The summed E-state index contributed by atoms with van der Waals surface area (Å²) in [6, 6.07) is 2.08. The minimum absolute atomic E-state index is 0.111.